The van der Waals surface area contributed by atoms with Gasteiger partial charge in [-0.15, -0.1) is 0 Å². The minimum atomic E-state index is -0.824. The molecule has 1 amide bonds. The van der Waals surface area contributed by atoms with E-state index >= 15 is 0 Å². The molecule has 0 aromatic carbocycles. The van der Waals surface area contributed by atoms with Crippen molar-refractivity contribution in [1.29, 1.82) is 0 Å². The van der Waals surface area contributed by atoms with Crippen LogP contribution < -0.4 is 16.8 Å². The molecule has 90 valence electrons. The van der Waals surface area contributed by atoms with E-state index in [1.54, 1.807) is 0 Å². The number of nitrogens with two attached hydrogens (primary N) is 2. The Kier molecular flexibility index (Phi) is 13.9. The number of carbonyl (C=O) groups excluding carboxylic acids is 2. The summed E-state index contributed by atoms with van der Waals surface area (Å²) < 4.78 is 0. The maximum Gasteiger partial charge on any atom is 0.355 e. The summed E-state index contributed by atoms with van der Waals surface area (Å²) >= 11 is 0. The molecule has 15 heavy (non-hydrogen) atoms. The van der Waals surface area contributed by atoms with E-state index in [1.807, 2.05) is 0 Å². The molecule has 0 aliphatic rings. The third-order valence-corrected chi connectivity index (χ3v) is 1.31. The van der Waals surface area contributed by atoms with Crippen LogP contribution in [0.25, 0.3) is 0 Å². The third-order valence-electron chi connectivity index (χ3n) is 1.31. The fraction of sp³-hybridized carbons (Fsp3) is 0.750. The van der Waals surface area contributed by atoms with E-state index in [1.165, 1.54) is 0 Å². The molecule has 0 aliphatic heterocycles. The van der Waals surface area contributed by atoms with Gasteiger partial charge in [-0.05, 0) is 6.42 Å². The molecule has 0 heterocycles. The van der Waals surface area contributed by atoms with Crippen LogP contribution in [0.2, 0.25) is 0 Å². The van der Waals surface area contributed by atoms with Gasteiger partial charge < -0.3 is 16.8 Å². The van der Waals surface area contributed by atoms with Crippen molar-refractivity contribution in [2.45, 2.75) is 19.8 Å². The highest BCUT2D eigenvalue weighted by atomic mass is 17.1. The first-order chi connectivity index (χ1) is 7.12. The summed E-state index contributed by atoms with van der Waals surface area (Å²) in [6, 6.07) is 0. The zero-order valence-corrected chi connectivity index (χ0v) is 8.86. The van der Waals surface area contributed by atoms with Gasteiger partial charge in [-0.2, -0.15) is 5.26 Å². The second-order valence-electron chi connectivity index (χ2n) is 2.58. The topological polar surface area (TPSA) is 128 Å². The first kappa shape index (κ1) is 16.3. The van der Waals surface area contributed by atoms with Crippen molar-refractivity contribution in [3.05, 3.63) is 0 Å². The number of nitrogens with one attached hydrogen (secondary N) is 1. The van der Waals surface area contributed by atoms with Crippen molar-refractivity contribution in [2.24, 2.45) is 11.5 Å². The summed E-state index contributed by atoms with van der Waals surface area (Å²) in [4.78, 5) is 23.2. The van der Waals surface area contributed by atoms with E-state index < -0.39 is 5.97 Å². The third kappa shape index (κ3) is 15.6. The van der Waals surface area contributed by atoms with Gasteiger partial charge in [-0.1, -0.05) is 13.3 Å². The number of rotatable bonds is 5. The number of unbranched alkanes of at least 4 members (excludes halogenated alkanes) is 1. The van der Waals surface area contributed by atoms with Crippen molar-refractivity contribution in [1.82, 2.24) is 5.32 Å². The highest BCUT2D eigenvalue weighted by Gasteiger charge is 1.92. The van der Waals surface area contributed by atoms with Crippen LogP contribution in [0, 0.1) is 0 Å². The Balaban J connectivity index is 0. The van der Waals surface area contributed by atoms with Crippen molar-refractivity contribution < 1.29 is 19.7 Å². The van der Waals surface area contributed by atoms with Gasteiger partial charge in [0.2, 0.25) is 5.91 Å². The van der Waals surface area contributed by atoms with Crippen LogP contribution in [-0.4, -0.2) is 36.8 Å². The summed E-state index contributed by atoms with van der Waals surface area (Å²) in [5.74, 6) is -0.890. The summed E-state index contributed by atoms with van der Waals surface area (Å²) in [5.41, 5.74) is 9.69. The van der Waals surface area contributed by atoms with Gasteiger partial charge in [-0.25, -0.2) is 4.79 Å². The van der Waals surface area contributed by atoms with Crippen LogP contribution in [0.4, 0.5) is 0 Å². The number of carbonyl (C=O) groups is 2. The van der Waals surface area contributed by atoms with Gasteiger partial charge in [0.15, 0.2) is 0 Å². The van der Waals surface area contributed by atoms with Gasteiger partial charge in [0.05, 0.1) is 13.1 Å². The van der Waals surface area contributed by atoms with Crippen molar-refractivity contribution in [3.63, 3.8) is 0 Å². The molecule has 0 fully saturated rings. The van der Waals surface area contributed by atoms with E-state index in [2.05, 4.69) is 22.9 Å². The Hall–Kier alpha value is -1.18. The molecule has 0 aliphatic carbocycles. The van der Waals surface area contributed by atoms with E-state index in [9.17, 15) is 9.59 Å². The quantitative estimate of drug-likeness (QED) is 0.263. The van der Waals surface area contributed by atoms with Crippen molar-refractivity contribution in [3.8, 4) is 0 Å². The van der Waals surface area contributed by atoms with Crippen LogP contribution >= 0.6 is 0 Å². The van der Waals surface area contributed by atoms with Crippen LogP contribution in [0.5, 0.6) is 0 Å². The fourth-order valence-electron chi connectivity index (χ4n) is 0.514. The van der Waals surface area contributed by atoms with E-state index in [0.29, 0.717) is 0 Å². The smallest absolute Gasteiger partial charge is 0.355 e. The van der Waals surface area contributed by atoms with Gasteiger partial charge >= 0.3 is 5.97 Å². The average Bonchev–Trinajstić information content (AvgIpc) is 2.28. The predicted molar refractivity (Wildman–Crippen MR) is 54.7 cm³/mol. The highest BCUT2D eigenvalue weighted by molar-refractivity contribution is 5.77. The molecule has 0 saturated carbocycles. The summed E-state index contributed by atoms with van der Waals surface area (Å²) in [7, 11) is 0. The average molecular weight is 221 g/mol. The Morgan fingerprint density at radius 3 is 2.20 bits per heavy atom. The Labute approximate surface area is 88.7 Å². The molecule has 0 saturated heterocycles. The Morgan fingerprint density at radius 1 is 1.33 bits per heavy atom. The molecule has 0 rings (SSSR count). The summed E-state index contributed by atoms with van der Waals surface area (Å²) in [6.07, 6.45) is 2.14. The molecule has 0 spiro atoms. The number of hydrogen-bond donors (Lipinski definition) is 4. The SMILES string of the molecule is CCCCNC(=O)CN.NCC(=O)OO. The maximum absolute atomic E-state index is 10.5. The summed E-state index contributed by atoms with van der Waals surface area (Å²) in [5, 5.41) is 10.1. The minimum absolute atomic E-state index is 0.0662. The number of hydrogen-bond acceptors (Lipinski definition) is 6. The normalized spacial score (nSPS) is 8.53. The first-order valence-electron chi connectivity index (χ1n) is 4.63. The molecule has 0 aromatic heterocycles. The maximum atomic E-state index is 10.5. The molecule has 0 aromatic rings. The zero-order chi connectivity index (χ0) is 12.1. The lowest BCUT2D eigenvalue weighted by molar-refractivity contribution is -0.232. The molecular weight excluding hydrogens is 202 g/mol. The lowest BCUT2D eigenvalue weighted by Crippen LogP contribution is -2.30. The second kappa shape index (κ2) is 12.8. The van der Waals surface area contributed by atoms with Crippen LogP contribution in [0.1, 0.15) is 19.8 Å². The minimum Gasteiger partial charge on any atom is -0.355 e. The Morgan fingerprint density at radius 2 is 1.93 bits per heavy atom. The lowest BCUT2D eigenvalue weighted by Gasteiger charge is -1.99. The number of amides is 1. The molecule has 0 radical (unpaired) electrons. The molecule has 7 nitrogen and oxygen atoms in total. The lowest BCUT2D eigenvalue weighted by atomic mass is 10.3. The van der Waals surface area contributed by atoms with E-state index in [4.69, 9.17) is 11.0 Å². The van der Waals surface area contributed by atoms with Gasteiger partial charge in [-0.3, -0.25) is 9.68 Å². The molecule has 0 atom stereocenters. The van der Waals surface area contributed by atoms with Crippen LogP contribution in [-0.2, 0) is 14.5 Å². The van der Waals surface area contributed by atoms with Crippen LogP contribution in [0.3, 0.4) is 0 Å². The highest BCUT2D eigenvalue weighted by Crippen LogP contribution is 1.80. The molecule has 7 heteroatoms. The van der Waals surface area contributed by atoms with E-state index in [0.717, 1.165) is 19.4 Å². The molecule has 6 N–H and O–H groups in total. The van der Waals surface area contributed by atoms with Gasteiger partial charge in [0.25, 0.3) is 0 Å². The van der Waals surface area contributed by atoms with Gasteiger partial charge in [0.1, 0.15) is 0 Å². The van der Waals surface area contributed by atoms with Crippen molar-refractivity contribution >= 4 is 11.9 Å². The first-order valence-corrected chi connectivity index (χ1v) is 4.63. The van der Waals surface area contributed by atoms with E-state index in [-0.39, 0.29) is 19.0 Å². The fourth-order valence-corrected chi connectivity index (χ4v) is 0.514. The van der Waals surface area contributed by atoms with Gasteiger partial charge in [0, 0.05) is 6.54 Å². The summed E-state index contributed by atoms with van der Waals surface area (Å²) in [6.45, 7) is 2.65. The monoisotopic (exact) mass is 221 g/mol. The zero-order valence-electron chi connectivity index (χ0n) is 8.86. The molecule has 0 bridgehead atoms. The second-order valence-corrected chi connectivity index (χ2v) is 2.58. The Bertz CT molecular complexity index is 169. The van der Waals surface area contributed by atoms with Crippen LogP contribution in [0.15, 0.2) is 0 Å². The predicted octanol–water partition coefficient (Wildman–Crippen LogP) is -1.18. The molecule has 0 unspecified atom stereocenters. The standard InChI is InChI=1S/C6H14N2O.C2H5NO3/c1-2-3-4-8-6(9)5-7;3-1-2(4)6-5/h2-5,7H2,1H3,(H,8,9);5H,1,3H2. The molecular formula is C8H19N3O4. The largest absolute Gasteiger partial charge is 0.355 e. The van der Waals surface area contributed by atoms with Crippen molar-refractivity contribution in [2.75, 3.05) is 19.6 Å².